The Balaban J connectivity index is 0.00000136. The Kier molecular flexibility index (Phi) is 8.97. The molecule has 7 heteroatoms. The molecule has 1 aliphatic rings. The third-order valence-corrected chi connectivity index (χ3v) is 4.92. The summed E-state index contributed by atoms with van der Waals surface area (Å²) in [7, 11) is 1.66. The highest BCUT2D eigenvalue weighted by Crippen LogP contribution is 2.23. The Morgan fingerprint density at radius 2 is 1.79 bits per heavy atom. The van der Waals surface area contributed by atoms with Crippen molar-refractivity contribution in [3.63, 3.8) is 0 Å². The van der Waals surface area contributed by atoms with Crippen molar-refractivity contribution >= 4 is 22.9 Å². The summed E-state index contributed by atoms with van der Waals surface area (Å²) in [4.78, 5) is 27.2. The van der Waals surface area contributed by atoms with Crippen LogP contribution in [0.1, 0.15) is 30.7 Å². The number of aromatic nitrogens is 1. The lowest BCUT2D eigenvalue weighted by Crippen LogP contribution is -2.25. The van der Waals surface area contributed by atoms with Crippen molar-refractivity contribution in [1.82, 2.24) is 10.3 Å². The van der Waals surface area contributed by atoms with E-state index in [1.54, 1.807) is 7.11 Å². The molecule has 1 atom stereocenters. The normalized spacial score (nSPS) is 15.6. The van der Waals surface area contributed by atoms with Crippen LogP contribution in [0.5, 0.6) is 5.75 Å². The minimum absolute atomic E-state index is 0.218. The summed E-state index contributed by atoms with van der Waals surface area (Å²) < 4.78 is 10.8. The van der Waals surface area contributed by atoms with E-state index in [0.717, 1.165) is 40.8 Å². The number of methoxy groups -OCH3 is 1. The van der Waals surface area contributed by atoms with Gasteiger partial charge in [-0.15, -0.1) is 0 Å². The van der Waals surface area contributed by atoms with E-state index in [9.17, 15) is 9.59 Å². The molecule has 0 bridgehead atoms. The first kappa shape index (κ1) is 21.9. The molecular weight excluding hydrogens is 376 g/mol. The molecule has 0 spiro atoms. The Bertz CT molecular complexity index is 763. The number of carbonyl (C=O) groups excluding carboxylic acids is 2. The molecule has 1 fully saturated rings. The lowest BCUT2D eigenvalue weighted by atomic mass is 10.1. The van der Waals surface area contributed by atoms with Crippen LogP contribution in [0.3, 0.4) is 0 Å². The molecule has 3 rings (SSSR count). The van der Waals surface area contributed by atoms with Gasteiger partial charge in [-0.3, -0.25) is 19.9 Å². The van der Waals surface area contributed by atoms with Crippen LogP contribution in [0.25, 0.3) is 0 Å². The maximum atomic E-state index is 11.6. The highest BCUT2D eigenvalue weighted by molar-refractivity contribution is 8.15. The molecule has 1 aromatic heterocycles. The van der Waals surface area contributed by atoms with Gasteiger partial charge in [-0.1, -0.05) is 43.8 Å². The minimum Gasteiger partial charge on any atom is -0.493 e. The molecule has 2 heterocycles. The molecule has 6 nitrogen and oxygen atoms in total. The second-order valence-electron chi connectivity index (χ2n) is 5.92. The number of imide groups is 1. The summed E-state index contributed by atoms with van der Waals surface area (Å²) in [6.07, 6.45) is 3.06. The van der Waals surface area contributed by atoms with Crippen LogP contribution in [-0.4, -0.2) is 35.1 Å². The first-order chi connectivity index (χ1) is 13.6. The number of carbonyl (C=O) groups is 2. The average molecular weight is 403 g/mol. The van der Waals surface area contributed by atoms with Gasteiger partial charge in [0.1, 0.15) is 5.75 Å². The molecule has 2 aromatic rings. The minimum atomic E-state index is -0.346. The molecule has 1 unspecified atom stereocenters. The quantitative estimate of drug-likeness (QED) is 0.724. The fourth-order valence-electron chi connectivity index (χ4n) is 2.59. The summed E-state index contributed by atoms with van der Waals surface area (Å²) in [5.41, 5.74) is 3.01. The highest BCUT2D eigenvalue weighted by atomic mass is 32.2. The van der Waals surface area contributed by atoms with E-state index in [0.29, 0.717) is 19.6 Å². The monoisotopic (exact) mass is 402 g/mol. The first-order valence-corrected chi connectivity index (χ1v) is 10.2. The molecular formula is C21H26N2O4S. The fraction of sp³-hybridized carbons (Fsp3) is 0.381. The number of ether oxygens (including phenoxy) is 2. The maximum Gasteiger partial charge on any atom is 0.286 e. The largest absolute Gasteiger partial charge is 0.493 e. The van der Waals surface area contributed by atoms with Gasteiger partial charge in [0, 0.05) is 25.4 Å². The Hall–Kier alpha value is -2.38. The number of pyridine rings is 1. The molecule has 0 aliphatic carbocycles. The molecule has 2 amide bonds. The third kappa shape index (κ3) is 6.65. The number of rotatable bonds is 8. The summed E-state index contributed by atoms with van der Waals surface area (Å²) in [5, 5.41) is 1.68. The molecule has 1 N–H and O–H groups in total. The predicted molar refractivity (Wildman–Crippen MR) is 111 cm³/mol. The van der Waals surface area contributed by atoms with E-state index in [-0.39, 0.29) is 16.4 Å². The summed E-state index contributed by atoms with van der Waals surface area (Å²) in [5.74, 6) is 0.550. The van der Waals surface area contributed by atoms with Gasteiger partial charge in [-0.05, 0) is 35.7 Å². The zero-order valence-corrected chi connectivity index (χ0v) is 17.3. The Labute approximate surface area is 170 Å². The fourth-order valence-corrected chi connectivity index (χ4v) is 3.45. The SMILES string of the molecule is CC.COCc1ccc(CCOc2ccc(CC3SC(=O)NC3=O)cc2)nc1. The van der Waals surface area contributed by atoms with Gasteiger partial charge in [0.05, 0.1) is 18.5 Å². The molecule has 28 heavy (non-hydrogen) atoms. The van der Waals surface area contributed by atoms with Gasteiger partial charge < -0.3 is 9.47 Å². The smallest absolute Gasteiger partial charge is 0.286 e. The third-order valence-electron chi connectivity index (χ3n) is 3.94. The van der Waals surface area contributed by atoms with Crippen molar-refractivity contribution in [3.05, 3.63) is 59.4 Å². The van der Waals surface area contributed by atoms with Crippen molar-refractivity contribution < 1.29 is 19.1 Å². The molecule has 0 saturated carbocycles. The van der Waals surface area contributed by atoms with Crippen molar-refractivity contribution in [1.29, 1.82) is 0 Å². The van der Waals surface area contributed by atoms with Crippen molar-refractivity contribution in [2.24, 2.45) is 0 Å². The average Bonchev–Trinajstić information content (AvgIpc) is 3.03. The van der Waals surface area contributed by atoms with Gasteiger partial charge in [0.2, 0.25) is 5.91 Å². The standard InChI is InChI=1S/C19H20N2O4S.C2H6/c1-24-12-14-2-5-15(20-11-14)8-9-25-16-6-3-13(4-7-16)10-17-18(22)21-19(23)26-17;1-2/h2-7,11,17H,8-10,12H2,1H3,(H,21,22,23);1-2H3. The van der Waals surface area contributed by atoms with Crippen LogP contribution in [-0.2, 0) is 29.0 Å². The Morgan fingerprint density at radius 3 is 2.36 bits per heavy atom. The maximum absolute atomic E-state index is 11.6. The number of thioether (sulfide) groups is 1. The van der Waals surface area contributed by atoms with Crippen molar-refractivity contribution in [2.45, 2.75) is 38.5 Å². The number of benzene rings is 1. The highest BCUT2D eigenvalue weighted by Gasteiger charge is 2.31. The van der Waals surface area contributed by atoms with Crippen molar-refractivity contribution in [3.8, 4) is 5.75 Å². The molecule has 0 radical (unpaired) electrons. The predicted octanol–water partition coefficient (Wildman–Crippen LogP) is 3.77. The molecule has 1 aliphatic heterocycles. The van der Waals surface area contributed by atoms with E-state index in [2.05, 4.69) is 10.3 Å². The van der Waals surface area contributed by atoms with Crippen LogP contribution in [0.2, 0.25) is 0 Å². The number of nitrogens with one attached hydrogen (secondary N) is 1. The summed E-state index contributed by atoms with van der Waals surface area (Å²) >= 11 is 1.04. The van der Waals surface area contributed by atoms with Crippen LogP contribution in [0, 0.1) is 0 Å². The van der Waals surface area contributed by atoms with Crippen LogP contribution in [0.4, 0.5) is 4.79 Å². The molecule has 150 valence electrons. The Morgan fingerprint density at radius 1 is 1.07 bits per heavy atom. The lowest BCUT2D eigenvalue weighted by molar-refractivity contribution is -0.118. The number of nitrogens with zero attached hydrogens (tertiary/aromatic N) is 1. The van der Waals surface area contributed by atoms with Crippen LogP contribution in [0.15, 0.2) is 42.6 Å². The number of hydrogen-bond acceptors (Lipinski definition) is 6. The van der Waals surface area contributed by atoms with E-state index < -0.39 is 0 Å². The zero-order chi connectivity index (χ0) is 20.4. The van der Waals surface area contributed by atoms with Gasteiger partial charge in [-0.2, -0.15) is 0 Å². The number of amides is 2. The molecule has 1 saturated heterocycles. The second-order valence-corrected chi connectivity index (χ2v) is 7.10. The number of hydrogen-bond donors (Lipinski definition) is 1. The van der Waals surface area contributed by atoms with Crippen LogP contribution < -0.4 is 10.1 Å². The first-order valence-electron chi connectivity index (χ1n) is 9.30. The van der Waals surface area contributed by atoms with Gasteiger partial charge in [0.25, 0.3) is 5.24 Å². The van der Waals surface area contributed by atoms with Gasteiger partial charge in [-0.25, -0.2) is 0 Å². The summed E-state index contributed by atoms with van der Waals surface area (Å²) in [6, 6.07) is 11.6. The van der Waals surface area contributed by atoms with E-state index in [1.165, 1.54) is 0 Å². The van der Waals surface area contributed by atoms with Gasteiger partial charge in [0.15, 0.2) is 0 Å². The zero-order valence-electron chi connectivity index (χ0n) is 16.4. The topological polar surface area (TPSA) is 77.5 Å². The van der Waals surface area contributed by atoms with E-state index in [1.807, 2.05) is 56.4 Å². The lowest BCUT2D eigenvalue weighted by Gasteiger charge is -2.09. The second kappa shape index (κ2) is 11.5. The summed E-state index contributed by atoms with van der Waals surface area (Å²) in [6.45, 7) is 5.09. The van der Waals surface area contributed by atoms with E-state index in [4.69, 9.17) is 9.47 Å². The van der Waals surface area contributed by atoms with E-state index >= 15 is 0 Å². The molecule has 1 aromatic carbocycles. The van der Waals surface area contributed by atoms with Gasteiger partial charge >= 0.3 is 0 Å². The van der Waals surface area contributed by atoms with Crippen LogP contribution >= 0.6 is 11.8 Å². The van der Waals surface area contributed by atoms with Crippen molar-refractivity contribution in [2.75, 3.05) is 13.7 Å².